The molecule has 2 unspecified atom stereocenters. The number of hydrogen-bond donors (Lipinski definition) is 4. The molecule has 45 heavy (non-hydrogen) atoms. The lowest BCUT2D eigenvalue weighted by Crippen LogP contribution is -2.48. The number of para-hydroxylation sites is 1. The van der Waals surface area contributed by atoms with Crippen LogP contribution in [0.5, 0.6) is 0 Å². The Morgan fingerprint density at radius 3 is 2.13 bits per heavy atom. The number of nitrogens with zero attached hydrogens (tertiary/aromatic N) is 1. The number of benzene rings is 4. The van der Waals surface area contributed by atoms with Crippen molar-refractivity contribution in [3.8, 4) is 0 Å². The average Bonchev–Trinajstić information content (AvgIpc) is 3.07. The van der Waals surface area contributed by atoms with E-state index in [-0.39, 0.29) is 17.5 Å². The van der Waals surface area contributed by atoms with Crippen LogP contribution in [0.4, 0.5) is 10.5 Å². The topological polar surface area (TPSA) is 90.9 Å². The Morgan fingerprint density at radius 2 is 1.51 bits per heavy atom. The highest BCUT2D eigenvalue weighted by Gasteiger charge is 2.37. The maximum atomic E-state index is 14.1. The fourth-order valence-corrected chi connectivity index (χ4v) is 6.37. The van der Waals surface area contributed by atoms with Gasteiger partial charge in [-0.1, -0.05) is 103 Å². The van der Waals surface area contributed by atoms with Crippen molar-refractivity contribution in [2.45, 2.75) is 42.3 Å². The monoisotopic (exact) mass is 643 g/mol. The van der Waals surface area contributed by atoms with Gasteiger partial charge in [-0.25, -0.2) is 4.79 Å². The molecule has 0 saturated carbocycles. The largest absolute Gasteiger partial charge is 0.465 e. The van der Waals surface area contributed by atoms with E-state index in [0.717, 1.165) is 33.6 Å². The Bertz CT molecular complexity index is 1520. The molecule has 0 aliphatic carbocycles. The van der Waals surface area contributed by atoms with Crippen molar-refractivity contribution < 1.29 is 19.4 Å². The van der Waals surface area contributed by atoms with Gasteiger partial charge in [0.15, 0.2) is 0 Å². The molecule has 1 fully saturated rings. The van der Waals surface area contributed by atoms with Crippen molar-refractivity contribution in [3.63, 3.8) is 0 Å². The van der Waals surface area contributed by atoms with Gasteiger partial charge in [-0.2, -0.15) is 12.6 Å². The number of rotatable bonds is 11. The summed E-state index contributed by atoms with van der Waals surface area (Å²) in [5.41, 5.74) is 4.35. The van der Waals surface area contributed by atoms with Crippen molar-refractivity contribution in [3.05, 3.63) is 136 Å². The van der Waals surface area contributed by atoms with Crippen molar-refractivity contribution >= 4 is 41.9 Å². The zero-order chi connectivity index (χ0) is 31.8. The summed E-state index contributed by atoms with van der Waals surface area (Å²) in [6.07, 6.45) is 0.0581. The lowest BCUT2D eigenvalue weighted by Gasteiger charge is -2.34. The highest BCUT2D eigenvalue weighted by molar-refractivity contribution is 7.80. The molecule has 9 heteroatoms. The predicted molar refractivity (Wildman–Crippen MR) is 182 cm³/mol. The van der Waals surface area contributed by atoms with Crippen LogP contribution in [-0.4, -0.2) is 60.4 Å². The third-order valence-electron chi connectivity index (χ3n) is 8.28. The average molecular weight is 644 g/mol. The van der Waals surface area contributed by atoms with E-state index in [0.29, 0.717) is 30.2 Å². The van der Waals surface area contributed by atoms with Gasteiger partial charge in [0.05, 0.1) is 17.5 Å². The molecule has 4 aromatic carbocycles. The molecule has 1 aliphatic rings. The number of nitrogens with one attached hydrogen (secondary N) is 2. The van der Waals surface area contributed by atoms with Gasteiger partial charge in [-0.3, -0.25) is 9.69 Å². The molecule has 0 spiro atoms. The molecule has 3 N–H and O–H groups in total. The van der Waals surface area contributed by atoms with Gasteiger partial charge < -0.3 is 20.5 Å². The second-order valence-corrected chi connectivity index (χ2v) is 12.3. The summed E-state index contributed by atoms with van der Waals surface area (Å²) in [4.78, 5) is 27.5. The smallest absolute Gasteiger partial charge is 0.407 e. The van der Waals surface area contributed by atoms with Crippen molar-refractivity contribution in [2.24, 2.45) is 0 Å². The van der Waals surface area contributed by atoms with Gasteiger partial charge in [-0.15, -0.1) is 0 Å². The number of carbonyl (C=O) groups is 2. The number of carbonyl (C=O) groups excluding carboxylic acids is 1. The van der Waals surface area contributed by atoms with Crippen molar-refractivity contribution in [1.29, 1.82) is 0 Å². The van der Waals surface area contributed by atoms with Crippen molar-refractivity contribution in [2.75, 3.05) is 25.5 Å². The maximum Gasteiger partial charge on any atom is 0.407 e. The fraction of sp³-hybridized carbons (Fsp3) is 0.278. The zero-order valence-corrected chi connectivity index (χ0v) is 26.7. The highest BCUT2D eigenvalue weighted by Crippen LogP contribution is 2.33. The summed E-state index contributed by atoms with van der Waals surface area (Å²) >= 11 is 10.9. The number of anilines is 1. The van der Waals surface area contributed by atoms with Gasteiger partial charge in [0.1, 0.15) is 6.04 Å². The van der Waals surface area contributed by atoms with Crippen LogP contribution in [0.15, 0.2) is 109 Å². The van der Waals surface area contributed by atoms with Gasteiger partial charge in [0.25, 0.3) is 0 Å². The quantitative estimate of drug-likeness (QED) is 0.132. The predicted octanol–water partition coefficient (Wildman–Crippen LogP) is 7.05. The summed E-state index contributed by atoms with van der Waals surface area (Å²) in [5.74, 6) is -0.921. The Hall–Kier alpha value is -3.82. The van der Waals surface area contributed by atoms with Gasteiger partial charge in [0.2, 0.25) is 5.91 Å². The van der Waals surface area contributed by atoms with Crippen LogP contribution in [0.3, 0.4) is 0 Å². The molecule has 0 bridgehead atoms. The molecule has 0 radical (unpaired) electrons. The Morgan fingerprint density at radius 1 is 0.911 bits per heavy atom. The molecule has 1 aliphatic heterocycles. The molecular weight excluding hydrogens is 606 g/mol. The first-order chi connectivity index (χ1) is 21.8. The molecule has 7 nitrogen and oxygen atoms in total. The second kappa shape index (κ2) is 15.5. The van der Waals surface area contributed by atoms with E-state index >= 15 is 0 Å². The fourth-order valence-electron chi connectivity index (χ4n) is 5.89. The van der Waals surface area contributed by atoms with Crippen LogP contribution in [0.1, 0.15) is 39.8 Å². The van der Waals surface area contributed by atoms with Gasteiger partial charge in [-0.05, 0) is 53.3 Å². The van der Waals surface area contributed by atoms with Gasteiger partial charge >= 0.3 is 6.09 Å². The number of hydrogen-bond acceptors (Lipinski definition) is 5. The van der Waals surface area contributed by atoms with E-state index in [4.69, 9.17) is 29.0 Å². The van der Waals surface area contributed by atoms with E-state index in [1.807, 2.05) is 109 Å². The van der Waals surface area contributed by atoms with E-state index < -0.39 is 24.0 Å². The molecule has 234 valence electrons. The normalized spacial score (nSPS) is 17.8. The number of likely N-dealkylation sites (N-methyl/N-ethyl adjacent to an activating group) is 1. The van der Waals surface area contributed by atoms with Gasteiger partial charge in [0, 0.05) is 36.8 Å². The van der Waals surface area contributed by atoms with Crippen LogP contribution >= 0.6 is 24.2 Å². The highest BCUT2D eigenvalue weighted by atomic mass is 35.5. The molecular formula is C36H38ClN3O4S. The third-order valence-corrected chi connectivity index (χ3v) is 9.16. The number of aryl methyl sites for hydroxylation is 1. The lowest BCUT2D eigenvalue weighted by molar-refractivity contribution is -0.120. The van der Waals surface area contributed by atoms with Crippen LogP contribution < -0.4 is 10.6 Å². The molecule has 4 atom stereocenters. The van der Waals surface area contributed by atoms with E-state index in [9.17, 15) is 14.7 Å². The molecule has 4 aromatic rings. The van der Waals surface area contributed by atoms with Crippen molar-refractivity contribution in [1.82, 2.24) is 10.2 Å². The maximum absolute atomic E-state index is 14.1. The molecule has 5 rings (SSSR count). The number of morpholine rings is 1. The minimum absolute atomic E-state index is 0.0408. The van der Waals surface area contributed by atoms with E-state index in [1.54, 1.807) is 0 Å². The number of halogens is 1. The summed E-state index contributed by atoms with van der Waals surface area (Å²) in [7, 11) is 1.44. The molecule has 1 heterocycles. The third kappa shape index (κ3) is 8.27. The van der Waals surface area contributed by atoms with E-state index in [2.05, 4.69) is 10.6 Å². The first-order valence-corrected chi connectivity index (χ1v) is 16.0. The summed E-state index contributed by atoms with van der Waals surface area (Å²) < 4.78 is 6.47. The van der Waals surface area contributed by atoms with Crippen LogP contribution in [0.2, 0.25) is 5.02 Å². The van der Waals surface area contributed by atoms with Crippen LogP contribution in [0.25, 0.3) is 0 Å². The SMILES string of the molecule is CN(C(=O)O)[C@H](C(=O)Nc1ccccc1CCC1CNC[C@@H](C(S)c2ccc(Cl)cc2)O1)C(c1ccccc1)c1ccccc1. The van der Waals surface area contributed by atoms with Crippen LogP contribution in [-0.2, 0) is 16.0 Å². The number of amides is 2. The number of ether oxygens (including phenoxy) is 1. The first kappa shape index (κ1) is 32.6. The summed E-state index contributed by atoms with van der Waals surface area (Å²) in [6.45, 7) is 1.41. The number of carboxylic acid groups (broad SMARTS) is 1. The molecule has 0 aromatic heterocycles. The second-order valence-electron chi connectivity index (χ2n) is 11.3. The Kier molecular flexibility index (Phi) is 11.2. The lowest BCUT2D eigenvalue weighted by atomic mass is 9.84. The molecule has 1 saturated heterocycles. The zero-order valence-electron chi connectivity index (χ0n) is 25.1. The number of thiol groups is 1. The van der Waals surface area contributed by atoms with Crippen LogP contribution in [0, 0.1) is 0 Å². The Labute approximate surface area is 275 Å². The minimum atomic E-state index is -1.18. The van der Waals surface area contributed by atoms with E-state index in [1.165, 1.54) is 7.05 Å². The first-order valence-electron chi connectivity index (χ1n) is 15.1. The standard InChI is InChI=1S/C36H38ClN3O4S/c1-40(36(42)43)33(32(25-11-4-2-5-12-25)26-13-6-3-7-14-26)35(41)39-30-15-9-8-10-24(30)18-21-29-22-38-23-31(44-29)34(45)27-16-19-28(37)20-17-27/h2-17,19-20,29,31-34,38,45H,18,21-23H2,1H3,(H,39,41)(H,42,43)/t29?,31-,33-,34?/m0/s1. The summed E-state index contributed by atoms with van der Waals surface area (Å²) in [6, 6.07) is 33.4. The molecule has 2 amide bonds. The minimum Gasteiger partial charge on any atom is -0.465 e. The Balaban J connectivity index is 1.32. The summed E-state index contributed by atoms with van der Waals surface area (Å²) in [5, 5.41) is 17.2.